The smallest absolute Gasteiger partial charge is 0.287 e. The van der Waals surface area contributed by atoms with Crippen LogP contribution in [0.25, 0.3) is 0 Å². The third kappa shape index (κ3) is 5.99. The molecule has 0 aliphatic heterocycles. The van der Waals surface area contributed by atoms with Crippen molar-refractivity contribution in [3.05, 3.63) is 54.0 Å². The zero-order valence-electron chi connectivity index (χ0n) is 14.8. The first-order valence-corrected chi connectivity index (χ1v) is 8.18. The van der Waals surface area contributed by atoms with Crippen LogP contribution in [0.15, 0.2) is 47.1 Å². The largest absolute Gasteiger partial charge is 0.484 e. The van der Waals surface area contributed by atoms with E-state index in [0.717, 1.165) is 0 Å². The van der Waals surface area contributed by atoms with E-state index in [2.05, 4.69) is 31.4 Å². The second-order valence-corrected chi connectivity index (χ2v) is 6.65. The SMILES string of the molecule is CC(C)(C)c1ccc(OCC(=O)NCCNC(=O)c2ccco2)cc1. The minimum Gasteiger partial charge on any atom is -0.484 e. The van der Waals surface area contributed by atoms with Crippen molar-refractivity contribution < 1.29 is 18.7 Å². The van der Waals surface area contributed by atoms with Gasteiger partial charge in [0, 0.05) is 13.1 Å². The van der Waals surface area contributed by atoms with Crippen LogP contribution < -0.4 is 15.4 Å². The van der Waals surface area contributed by atoms with Crippen molar-refractivity contribution in [2.75, 3.05) is 19.7 Å². The van der Waals surface area contributed by atoms with E-state index < -0.39 is 0 Å². The summed E-state index contributed by atoms with van der Waals surface area (Å²) in [5.74, 6) is 0.337. The molecule has 0 saturated carbocycles. The molecule has 0 radical (unpaired) electrons. The van der Waals surface area contributed by atoms with Crippen molar-refractivity contribution in [3.8, 4) is 5.75 Å². The zero-order chi connectivity index (χ0) is 18.3. The van der Waals surface area contributed by atoms with E-state index >= 15 is 0 Å². The lowest BCUT2D eigenvalue weighted by molar-refractivity contribution is -0.123. The molecule has 0 unspecified atom stereocenters. The third-order valence-electron chi connectivity index (χ3n) is 3.57. The van der Waals surface area contributed by atoms with Crippen molar-refractivity contribution >= 4 is 11.8 Å². The first-order chi connectivity index (χ1) is 11.9. The molecule has 0 atom stereocenters. The molecule has 0 bridgehead atoms. The molecule has 0 spiro atoms. The highest BCUT2D eigenvalue weighted by molar-refractivity contribution is 5.91. The standard InChI is InChI=1S/C19H24N2O4/c1-19(2,3)14-6-8-15(9-7-14)25-13-17(22)20-10-11-21-18(23)16-5-4-12-24-16/h4-9,12H,10-11,13H2,1-3H3,(H,20,22)(H,21,23). The number of amides is 2. The van der Waals surface area contributed by atoms with E-state index in [1.54, 1.807) is 12.1 Å². The van der Waals surface area contributed by atoms with Gasteiger partial charge in [-0.05, 0) is 35.2 Å². The fourth-order valence-electron chi connectivity index (χ4n) is 2.12. The summed E-state index contributed by atoms with van der Waals surface area (Å²) >= 11 is 0. The summed E-state index contributed by atoms with van der Waals surface area (Å²) in [6.07, 6.45) is 1.43. The topological polar surface area (TPSA) is 80.6 Å². The van der Waals surface area contributed by atoms with Gasteiger partial charge in [0.25, 0.3) is 11.8 Å². The van der Waals surface area contributed by atoms with Crippen LogP contribution in [0.4, 0.5) is 0 Å². The Hall–Kier alpha value is -2.76. The molecule has 1 aromatic carbocycles. The number of benzene rings is 1. The molecule has 134 valence electrons. The van der Waals surface area contributed by atoms with Gasteiger partial charge in [0.15, 0.2) is 12.4 Å². The van der Waals surface area contributed by atoms with Crippen LogP contribution in [0.5, 0.6) is 5.75 Å². The van der Waals surface area contributed by atoms with Gasteiger partial charge in [-0.2, -0.15) is 0 Å². The Labute approximate surface area is 147 Å². The number of hydrogen-bond acceptors (Lipinski definition) is 4. The molecule has 2 amide bonds. The molecule has 6 heteroatoms. The van der Waals surface area contributed by atoms with E-state index in [0.29, 0.717) is 18.8 Å². The number of carbonyl (C=O) groups excluding carboxylic acids is 2. The molecule has 2 rings (SSSR count). The van der Waals surface area contributed by atoms with Crippen LogP contribution in [0.2, 0.25) is 0 Å². The van der Waals surface area contributed by atoms with Crippen LogP contribution in [0, 0.1) is 0 Å². The van der Waals surface area contributed by atoms with Gasteiger partial charge < -0.3 is 19.8 Å². The maximum absolute atomic E-state index is 11.7. The molecular formula is C19H24N2O4. The van der Waals surface area contributed by atoms with E-state index in [1.165, 1.54) is 11.8 Å². The third-order valence-corrected chi connectivity index (χ3v) is 3.57. The van der Waals surface area contributed by atoms with Gasteiger partial charge in [-0.1, -0.05) is 32.9 Å². The average Bonchev–Trinajstić information content (AvgIpc) is 3.11. The summed E-state index contributed by atoms with van der Waals surface area (Å²) in [4.78, 5) is 23.4. The monoisotopic (exact) mass is 344 g/mol. The van der Waals surface area contributed by atoms with Gasteiger partial charge in [0.2, 0.25) is 0 Å². The molecule has 0 fully saturated rings. The van der Waals surface area contributed by atoms with Crippen LogP contribution in [0.3, 0.4) is 0 Å². The molecule has 2 N–H and O–H groups in total. The van der Waals surface area contributed by atoms with Gasteiger partial charge in [-0.25, -0.2) is 0 Å². The van der Waals surface area contributed by atoms with Crippen molar-refractivity contribution in [3.63, 3.8) is 0 Å². The zero-order valence-corrected chi connectivity index (χ0v) is 14.8. The number of furan rings is 1. The Morgan fingerprint density at radius 1 is 1.04 bits per heavy atom. The molecule has 2 aromatic rings. The number of carbonyl (C=O) groups is 2. The normalized spacial score (nSPS) is 11.0. The summed E-state index contributed by atoms with van der Waals surface area (Å²) < 4.78 is 10.4. The van der Waals surface area contributed by atoms with E-state index in [1.807, 2.05) is 24.3 Å². The first kappa shape index (κ1) is 18.6. The van der Waals surface area contributed by atoms with Crippen molar-refractivity contribution in [1.82, 2.24) is 10.6 Å². The van der Waals surface area contributed by atoms with Gasteiger partial charge in [0.1, 0.15) is 5.75 Å². The lowest BCUT2D eigenvalue weighted by Crippen LogP contribution is -2.36. The number of ether oxygens (including phenoxy) is 1. The van der Waals surface area contributed by atoms with Crippen LogP contribution in [-0.4, -0.2) is 31.5 Å². The average molecular weight is 344 g/mol. The summed E-state index contributed by atoms with van der Waals surface area (Å²) in [5, 5.41) is 5.33. The molecular weight excluding hydrogens is 320 g/mol. The Kier molecular flexibility index (Phi) is 6.22. The van der Waals surface area contributed by atoms with Crippen LogP contribution >= 0.6 is 0 Å². The summed E-state index contributed by atoms with van der Waals surface area (Å²) in [6.45, 7) is 6.98. The van der Waals surface area contributed by atoms with E-state index in [4.69, 9.17) is 9.15 Å². The maximum atomic E-state index is 11.7. The predicted octanol–water partition coefficient (Wildman–Crippen LogP) is 2.50. The lowest BCUT2D eigenvalue weighted by atomic mass is 9.87. The van der Waals surface area contributed by atoms with Gasteiger partial charge >= 0.3 is 0 Å². The maximum Gasteiger partial charge on any atom is 0.287 e. The Morgan fingerprint density at radius 2 is 1.72 bits per heavy atom. The summed E-state index contributed by atoms with van der Waals surface area (Å²) in [7, 11) is 0. The minimum atomic E-state index is -0.311. The molecule has 25 heavy (non-hydrogen) atoms. The van der Waals surface area contributed by atoms with Crippen LogP contribution in [-0.2, 0) is 10.2 Å². The fourth-order valence-corrected chi connectivity index (χ4v) is 2.12. The number of nitrogens with one attached hydrogen (secondary N) is 2. The number of hydrogen-bond donors (Lipinski definition) is 2. The summed E-state index contributed by atoms with van der Waals surface area (Å²) in [5.41, 5.74) is 1.28. The molecule has 0 aliphatic rings. The highest BCUT2D eigenvalue weighted by Gasteiger charge is 2.13. The first-order valence-electron chi connectivity index (χ1n) is 8.18. The second-order valence-electron chi connectivity index (χ2n) is 6.65. The van der Waals surface area contributed by atoms with Crippen LogP contribution in [0.1, 0.15) is 36.9 Å². The Bertz CT molecular complexity index is 685. The molecule has 1 heterocycles. The Morgan fingerprint density at radius 3 is 2.32 bits per heavy atom. The van der Waals surface area contributed by atoms with Gasteiger partial charge in [-0.3, -0.25) is 9.59 Å². The number of rotatable bonds is 7. The van der Waals surface area contributed by atoms with Gasteiger partial charge in [0.05, 0.1) is 6.26 Å². The van der Waals surface area contributed by atoms with Gasteiger partial charge in [-0.15, -0.1) is 0 Å². The fraction of sp³-hybridized carbons (Fsp3) is 0.368. The Balaban J connectivity index is 1.64. The predicted molar refractivity (Wildman–Crippen MR) is 94.7 cm³/mol. The molecule has 0 saturated heterocycles. The van der Waals surface area contributed by atoms with Crippen molar-refractivity contribution in [1.29, 1.82) is 0 Å². The van der Waals surface area contributed by atoms with Crippen molar-refractivity contribution in [2.45, 2.75) is 26.2 Å². The van der Waals surface area contributed by atoms with E-state index in [-0.39, 0.29) is 29.6 Å². The molecule has 6 nitrogen and oxygen atoms in total. The minimum absolute atomic E-state index is 0.0685. The molecule has 1 aromatic heterocycles. The molecule has 0 aliphatic carbocycles. The summed E-state index contributed by atoms with van der Waals surface area (Å²) in [6, 6.07) is 10.9. The lowest BCUT2D eigenvalue weighted by Gasteiger charge is -2.19. The highest BCUT2D eigenvalue weighted by atomic mass is 16.5. The highest BCUT2D eigenvalue weighted by Crippen LogP contribution is 2.24. The van der Waals surface area contributed by atoms with Crippen molar-refractivity contribution in [2.24, 2.45) is 0 Å². The van der Waals surface area contributed by atoms with E-state index in [9.17, 15) is 9.59 Å². The quantitative estimate of drug-likeness (QED) is 0.756. The second kappa shape index (κ2) is 8.37.